The number of rotatable bonds is 3. The molecule has 114 valence electrons. The SMILES string of the molecule is CC(C)Cc1csc2nc(-c3ccc(O)c(O)c3)[nH]c(=O)c12. The molecule has 3 N–H and O–H groups in total. The molecule has 5 nitrogen and oxygen atoms in total. The van der Waals surface area contributed by atoms with Gasteiger partial charge in [0.05, 0.1) is 5.39 Å². The Labute approximate surface area is 130 Å². The Morgan fingerprint density at radius 3 is 2.73 bits per heavy atom. The summed E-state index contributed by atoms with van der Waals surface area (Å²) in [4.78, 5) is 20.3. The van der Waals surface area contributed by atoms with E-state index in [-0.39, 0.29) is 17.1 Å². The van der Waals surface area contributed by atoms with Crippen LogP contribution >= 0.6 is 11.3 Å². The summed E-state index contributed by atoms with van der Waals surface area (Å²) in [7, 11) is 0. The summed E-state index contributed by atoms with van der Waals surface area (Å²) in [6.07, 6.45) is 0.837. The van der Waals surface area contributed by atoms with Crippen LogP contribution in [0.4, 0.5) is 0 Å². The third-order valence-electron chi connectivity index (χ3n) is 3.40. The normalized spacial score (nSPS) is 11.4. The molecule has 0 aliphatic heterocycles. The summed E-state index contributed by atoms with van der Waals surface area (Å²) in [6.45, 7) is 4.22. The second-order valence-corrected chi connectivity index (χ2v) is 6.52. The number of nitrogens with one attached hydrogen (secondary N) is 1. The van der Waals surface area contributed by atoms with Gasteiger partial charge in [0.1, 0.15) is 10.7 Å². The zero-order valence-electron chi connectivity index (χ0n) is 12.3. The smallest absolute Gasteiger partial charge is 0.260 e. The quantitative estimate of drug-likeness (QED) is 0.647. The topological polar surface area (TPSA) is 86.2 Å². The molecule has 0 unspecified atom stereocenters. The number of phenols is 2. The lowest BCUT2D eigenvalue weighted by Gasteiger charge is -2.05. The van der Waals surface area contributed by atoms with Crippen LogP contribution in [0, 0.1) is 5.92 Å². The highest BCUT2D eigenvalue weighted by Gasteiger charge is 2.14. The Kier molecular flexibility index (Phi) is 3.62. The summed E-state index contributed by atoms with van der Waals surface area (Å²) < 4.78 is 0. The zero-order valence-corrected chi connectivity index (χ0v) is 13.1. The molecule has 0 spiro atoms. The van der Waals surface area contributed by atoms with Gasteiger partial charge in [0.2, 0.25) is 0 Å². The number of aromatic amines is 1. The Morgan fingerprint density at radius 1 is 1.27 bits per heavy atom. The Hall–Kier alpha value is -2.34. The van der Waals surface area contributed by atoms with Crippen molar-refractivity contribution in [3.05, 3.63) is 39.5 Å². The van der Waals surface area contributed by atoms with E-state index in [1.807, 2.05) is 5.38 Å². The minimum atomic E-state index is -0.244. The predicted octanol–water partition coefficient (Wildman–Crippen LogP) is 3.26. The minimum absolute atomic E-state index is 0.176. The van der Waals surface area contributed by atoms with E-state index in [2.05, 4.69) is 23.8 Å². The Morgan fingerprint density at radius 2 is 2.05 bits per heavy atom. The average Bonchev–Trinajstić information content (AvgIpc) is 2.84. The van der Waals surface area contributed by atoms with Crippen molar-refractivity contribution in [2.24, 2.45) is 5.92 Å². The van der Waals surface area contributed by atoms with E-state index in [9.17, 15) is 15.0 Å². The predicted molar refractivity (Wildman–Crippen MR) is 87.5 cm³/mol. The van der Waals surface area contributed by atoms with Crippen LogP contribution in [0.25, 0.3) is 21.6 Å². The molecule has 0 atom stereocenters. The lowest BCUT2D eigenvalue weighted by molar-refractivity contribution is 0.404. The van der Waals surface area contributed by atoms with Gasteiger partial charge in [-0.2, -0.15) is 0 Å². The molecular weight excluding hydrogens is 300 g/mol. The third-order valence-corrected chi connectivity index (χ3v) is 4.32. The highest BCUT2D eigenvalue weighted by Crippen LogP contribution is 2.30. The summed E-state index contributed by atoms with van der Waals surface area (Å²) in [6, 6.07) is 4.34. The van der Waals surface area contributed by atoms with Crippen LogP contribution in [0.2, 0.25) is 0 Å². The molecule has 3 aromatic rings. The molecule has 0 amide bonds. The van der Waals surface area contributed by atoms with Crippen molar-refractivity contribution in [3.63, 3.8) is 0 Å². The Bertz CT molecular complexity index is 896. The highest BCUT2D eigenvalue weighted by atomic mass is 32.1. The van der Waals surface area contributed by atoms with E-state index >= 15 is 0 Å². The molecule has 2 aromatic heterocycles. The van der Waals surface area contributed by atoms with Gasteiger partial charge in [-0.1, -0.05) is 13.8 Å². The van der Waals surface area contributed by atoms with E-state index in [1.165, 1.54) is 23.5 Å². The van der Waals surface area contributed by atoms with Crippen molar-refractivity contribution in [2.45, 2.75) is 20.3 Å². The van der Waals surface area contributed by atoms with E-state index in [4.69, 9.17) is 0 Å². The standard InChI is InChI=1S/C16H16N2O3S/c1-8(2)5-10-7-22-16-13(10)15(21)17-14(18-16)9-3-4-11(19)12(20)6-9/h3-4,6-8,19-20H,5H2,1-2H3,(H,17,18,21). The number of phenolic OH excluding ortho intramolecular Hbond substituents is 2. The molecule has 1 aromatic carbocycles. The van der Waals surface area contributed by atoms with E-state index in [0.29, 0.717) is 27.5 Å². The summed E-state index contributed by atoms with van der Waals surface area (Å²) in [5, 5.41) is 21.6. The van der Waals surface area contributed by atoms with Crippen molar-refractivity contribution in [1.29, 1.82) is 0 Å². The summed E-state index contributed by atoms with van der Waals surface area (Å²) in [5.74, 6) is 0.395. The lowest BCUT2D eigenvalue weighted by Crippen LogP contribution is -2.10. The first kappa shape index (κ1) is 14.6. The fourth-order valence-electron chi connectivity index (χ4n) is 2.40. The number of aromatic hydroxyl groups is 2. The number of nitrogens with zero attached hydrogens (tertiary/aromatic N) is 1. The molecule has 3 rings (SSSR count). The maximum Gasteiger partial charge on any atom is 0.260 e. The second kappa shape index (κ2) is 5.46. The number of hydrogen-bond donors (Lipinski definition) is 3. The minimum Gasteiger partial charge on any atom is -0.504 e. The molecule has 2 heterocycles. The maximum atomic E-state index is 12.4. The van der Waals surface area contributed by atoms with Crippen molar-refractivity contribution in [2.75, 3.05) is 0 Å². The van der Waals surface area contributed by atoms with Gasteiger partial charge in [0.25, 0.3) is 5.56 Å². The monoisotopic (exact) mass is 316 g/mol. The van der Waals surface area contributed by atoms with Crippen LogP contribution in [-0.2, 0) is 6.42 Å². The van der Waals surface area contributed by atoms with Crippen LogP contribution in [0.1, 0.15) is 19.4 Å². The zero-order chi connectivity index (χ0) is 15.9. The number of aromatic nitrogens is 2. The summed E-state index contributed by atoms with van der Waals surface area (Å²) in [5.41, 5.74) is 1.39. The first-order chi connectivity index (χ1) is 10.5. The molecule has 22 heavy (non-hydrogen) atoms. The van der Waals surface area contributed by atoms with Gasteiger partial charge < -0.3 is 15.2 Å². The van der Waals surface area contributed by atoms with Gasteiger partial charge in [-0.3, -0.25) is 4.79 Å². The van der Waals surface area contributed by atoms with Crippen LogP contribution in [0.5, 0.6) is 11.5 Å². The molecule has 0 saturated heterocycles. The fourth-order valence-corrected chi connectivity index (χ4v) is 3.36. The average molecular weight is 316 g/mol. The first-order valence-electron chi connectivity index (χ1n) is 6.98. The summed E-state index contributed by atoms with van der Waals surface area (Å²) >= 11 is 1.44. The number of H-pyrrole nitrogens is 1. The number of fused-ring (bicyclic) bond motifs is 1. The number of thiophene rings is 1. The molecule has 0 aliphatic rings. The van der Waals surface area contributed by atoms with Gasteiger partial charge in [-0.15, -0.1) is 11.3 Å². The molecule has 0 saturated carbocycles. The molecule has 0 fully saturated rings. The van der Waals surface area contributed by atoms with Crippen LogP contribution in [0.3, 0.4) is 0 Å². The van der Waals surface area contributed by atoms with E-state index in [0.717, 1.165) is 12.0 Å². The van der Waals surface area contributed by atoms with Gasteiger partial charge >= 0.3 is 0 Å². The molecule has 0 radical (unpaired) electrons. The van der Waals surface area contributed by atoms with Gasteiger partial charge in [-0.05, 0) is 41.5 Å². The van der Waals surface area contributed by atoms with Crippen LogP contribution in [0.15, 0.2) is 28.4 Å². The molecule has 0 aliphatic carbocycles. The largest absolute Gasteiger partial charge is 0.504 e. The lowest BCUT2D eigenvalue weighted by atomic mass is 10.0. The molecule has 0 bridgehead atoms. The molecule has 6 heteroatoms. The second-order valence-electron chi connectivity index (χ2n) is 5.66. The van der Waals surface area contributed by atoms with Gasteiger partial charge in [-0.25, -0.2) is 4.98 Å². The fraction of sp³-hybridized carbons (Fsp3) is 0.250. The number of benzene rings is 1. The van der Waals surface area contributed by atoms with Crippen molar-refractivity contribution in [1.82, 2.24) is 9.97 Å². The van der Waals surface area contributed by atoms with Gasteiger partial charge in [0, 0.05) is 5.56 Å². The van der Waals surface area contributed by atoms with Crippen molar-refractivity contribution < 1.29 is 10.2 Å². The van der Waals surface area contributed by atoms with Crippen LogP contribution in [-0.4, -0.2) is 20.2 Å². The van der Waals surface area contributed by atoms with E-state index < -0.39 is 0 Å². The van der Waals surface area contributed by atoms with Crippen molar-refractivity contribution >= 4 is 21.6 Å². The number of hydrogen-bond acceptors (Lipinski definition) is 5. The van der Waals surface area contributed by atoms with E-state index in [1.54, 1.807) is 6.07 Å². The highest BCUT2D eigenvalue weighted by molar-refractivity contribution is 7.16. The molecular formula is C16H16N2O3S. The maximum absolute atomic E-state index is 12.4. The van der Waals surface area contributed by atoms with Gasteiger partial charge in [0.15, 0.2) is 11.5 Å². The van der Waals surface area contributed by atoms with Crippen LogP contribution < -0.4 is 5.56 Å². The Balaban J connectivity index is 2.14. The first-order valence-corrected chi connectivity index (χ1v) is 7.86. The third kappa shape index (κ3) is 2.57. The van der Waals surface area contributed by atoms with Crippen molar-refractivity contribution in [3.8, 4) is 22.9 Å².